The number of carbonyl (C=O) groups excluding carboxylic acids is 4. The number of phenols is 3. The molecule has 0 saturated carbocycles. The molecule has 0 radical (unpaired) electrons. The van der Waals surface area contributed by atoms with Gasteiger partial charge >= 0.3 is 5.97 Å². The van der Waals surface area contributed by atoms with Crippen molar-refractivity contribution in [2.75, 3.05) is 21.2 Å². The fraction of sp³-hybridized carbons (Fsp3) is 0.619. The molecular formula is C42H53NO16. The number of methoxy groups -OCH3 is 1. The third kappa shape index (κ3) is 7.65. The van der Waals surface area contributed by atoms with E-state index in [-0.39, 0.29) is 54.2 Å². The first-order chi connectivity index (χ1) is 27.9. The number of ketones is 3. The van der Waals surface area contributed by atoms with Crippen LogP contribution in [-0.2, 0) is 42.7 Å². The molecule has 3 aliphatic heterocycles. The van der Waals surface area contributed by atoms with Gasteiger partial charge in [-0.3, -0.25) is 19.2 Å². The Morgan fingerprint density at radius 2 is 1.47 bits per heavy atom. The minimum atomic E-state index is -1.81. The lowest BCUT2D eigenvalue weighted by atomic mass is 9.67. The summed E-state index contributed by atoms with van der Waals surface area (Å²) >= 11 is 0. The summed E-state index contributed by atoms with van der Waals surface area (Å²) in [6, 6.07) is 3.01. The molecule has 7 rings (SSSR count). The molecule has 0 aromatic heterocycles. The van der Waals surface area contributed by atoms with Crippen LogP contribution in [-0.4, -0.2) is 142 Å². The number of rotatable bonds is 9. The molecule has 17 nitrogen and oxygen atoms in total. The molecule has 3 heterocycles. The van der Waals surface area contributed by atoms with Crippen molar-refractivity contribution in [3.05, 3.63) is 51.6 Å². The van der Waals surface area contributed by atoms with E-state index in [1.807, 2.05) is 19.0 Å². The molecule has 59 heavy (non-hydrogen) atoms. The van der Waals surface area contributed by atoms with E-state index in [1.54, 1.807) is 27.7 Å². The number of hydrogen-bond donors (Lipinski definition) is 5. The zero-order chi connectivity index (χ0) is 42.8. The topological polar surface area (TPSA) is 237 Å². The minimum absolute atomic E-state index is 0.00116. The summed E-state index contributed by atoms with van der Waals surface area (Å²) in [4.78, 5) is 55.1. The highest BCUT2D eigenvalue weighted by Gasteiger charge is 2.54. The maximum Gasteiger partial charge on any atom is 0.316 e. The molecule has 0 bridgehead atoms. The van der Waals surface area contributed by atoms with E-state index >= 15 is 0 Å². The van der Waals surface area contributed by atoms with Gasteiger partial charge in [0.25, 0.3) is 0 Å². The van der Waals surface area contributed by atoms with Crippen LogP contribution in [0, 0.1) is 0 Å². The van der Waals surface area contributed by atoms with Crippen molar-refractivity contribution >= 4 is 23.3 Å². The van der Waals surface area contributed by atoms with Crippen LogP contribution in [0.3, 0.4) is 0 Å². The van der Waals surface area contributed by atoms with Gasteiger partial charge in [-0.1, -0.05) is 6.92 Å². The molecule has 5 N–H and O–H groups in total. The molecule has 2 aliphatic carbocycles. The van der Waals surface area contributed by atoms with Crippen LogP contribution >= 0.6 is 0 Å². The Hall–Kier alpha value is -4.04. The second kappa shape index (κ2) is 16.4. The van der Waals surface area contributed by atoms with E-state index in [2.05, 4.69) is 0 Å². The fourth-order valence-electron chi connectivity index (χ4n) is 9.33. The highest BCUT2D eigenvalue weighted by Crippen LogP contribution is 2.54. The van der Waals surface area contributed by atoms with Crippen molar-refractivity contribution in [1.82, 2.24) is 4.90 Å². The quantitative estimate of drug-likeness (QED) is 0.154. The van der Waals surface area contributed by atoms with Crippen LogP contribution in [0.2, 0.25) is 0 Å². The molecule has 322 valence electrons. The normalized spacial score (nSPS) is 35.9. The fourth-order valence-corrected chi connectivity index (χ4v) is 9.33. The summed E-state index contributed by atoms with van der Waals surface area (Å²) in [5.74, 6) is -5.90. The molecule has 5 aliphatic rings. The van der Waals surface area contributed by atoms with Gasteiger partial charge in [0.1, 0.15) is 41.5 Å². The average molecular weight is 828 g/mol. The molecule has 2 aromatic rings. The summed E-state index contributed by atoms with van der Waals surface area (Å²) in [5.41, 5.74) is -3.58. The average Bonchev–Trinajstić information content (AvgIpc) is 3.17. The van der Waals surface area contributed by atoms with Crippen LogP contribution in [0.25, 0.3) is 0 Å². The Kier molecular flexibility index (Phi) is 12.0. The molecular weight excluding hydrogens is 774 g/mol. The lowest BCUT2D eigenvalue weighted by Crippen LogP contribution is -2.58. The van der Waals surface area contributed by atoms with Gasteiger partial charge in [0.2, 0.25) is 5.78 Å². The maximum atomic E-state index is 14.0. The van der Waals surface area contributed by atoms with Crippen molar-refractivity contribution < 1.29 is 77.9 Å². The van der Waals surface area contributed by atoms with Crippen molar-refractivity contribution in [2.24, 2.45) is 0 Å². The maximum absolute atomic E-state index is 14.0. The van der Waals surface area contributed by atoms with E-state index in [0.717, 1.165) is 19.2 Å². The lowest BCUT2D eigenvalue weighted by molar-refractivity contribution is -0.324. The second-order valence-electron chi connectivity index (χ2n) is 16.4. The predicted molar refractivity (Wildman–Crippen MR) is 203 cm³/mol. The number of aliphatic hydroxyl groups is 2. The Labute approximate surface area is 341 Å². The van der Waals surface area contributed by atoms with E-state index in [4.69, 9.17) is 33.2 Å². The molecule has 2 aromatic carbocycles. The van der Waals surface area contributed by atoms with Crippen LogP contribution < -0.4 is 0 Å². The number of phenolic OH excluding ortho intramolecular Hbond substituents is 3. The number of Topliss-reactive ketones (excluding diaryl/α,β-unsaturated/α-hetero) is 1. The highest BCUT2D eigenvalue weighted by atomic mass is 16.7. The van der Waals surface area contributed by atoms with Crippen LogP contribution in [0.4, 0.5) is 0 Å². The van der Waals surface area contributed by atoms with Gasteiger partial charge in [0.15, 0.2) is 30.4 Å². The van der Waals surface area contributed by atoms with Crippen LogP contribution in [0.15, 0.2) is 18.2 Å². The van der Waals surface area contributed by atoms with Crippen molar-refractivity contribution in [2.45, 2.75) is 145 Å². The summed E-state index contributed by atoms with van der Waals surface area (Å²) in [6.45, 7) is 6.89. The summed E-state index contributed by atoms with van der Waals surface area (Å²) in [6.07, 6.45) is -6.99. The lowest BCUT2D eigenvalue weighted by Gasteiger charge is -2.48. The number of hydrogen-bond acceptors (Lipinski definition) is 17. The van der Waals surface area contributed by atoms with Gasteiger partial charge < -0.3 is 63.6 Å². The number of ether oxygens (including phenoxy) is 7. The smallest absolute Gasteiger partial charge is 0.316 e. The predicted octanol–water partition coefficient (Wildman–Crippen LogP) is 2.86. The molecule has 11 unspecified atom stereocenters. The van der Waals surface area contributed by atoms with Crippen molar-refractivity contribution in [3.63, 3.8) is 0 Å². The van der Waals surface area contributed by atoms with Gasteiger partial charge in [0, 0.05) is 49.3 Å². The molecule has 0 spiro atoms. The number of likely N-dealkylation sites (N-methyl/N-ethyl adjacent to an activating group) is 1. The highest BCUT2D eigenvalue weighted by molar-refractivity contribution is 6.31. The van der Waals surface area contributed by atoms with Crippen LogP contribution in [0.5, 0.6) is 17.2 Å². The van der Waals surface area contributed by atoms with E-state index in [0.29, 0.717) is 12.8 Å². The number of esters is 1. The second-order valence-corrected chi connectivity index (χ2v) is 16.4. The molecule has 3 fully saturated rings. The monoisotopic (exact) mass is 827 g/mol. The third-order valence-electron chi connectivity index (χ3n) is 12.5. The zero-order valence-electron chi connectivity index (χ0n) is 34.1. The molecule has 13 atom stereocenters. The van der Waals surface area contributed by atoms with Crippen molar-refractivity contribution in [1.29, 1.82) is 0 Å². The van der Waals surface area contributed by atoms with Crippen molar-refractivity contribution in [3.8, 4) is 17.2 Å². The number of carbonyl (C=O) groups is 4. The third-order valence-corrected chi connectivity index (χ3v) is 12.5. The first-order valence-corrected chi connectivity index (χ1v) is 20.0. The SMILES string of the molecule is CC[C@]1(O)CC(OC2CC(N(C)C)C(OC3CC(O)C(OC4CCC(=O)C(C)O4)C(C)O3)C(C)O2)c2c(cc3c(c2O)C(=O)c2c(O)ccc(O)c2C3=O)[C@H]1C(=O)OC. The van der Waals surface area contributed by atoms with E-state index in [9.17, 15) is 44.7 Å². The number of nitrogens with zero attached hydrogens (tertiary/aromatic N) is 1. The molecule has 17 heteroatoms. The first-order valence-electron chi connectivity index (χ1n) is 20.0. The Balaban J connectivity index is 1.14. The molecule has 0 amide bonds. The largest absolute Gasteiger partial charge is 0.507 e. The Bertz CT molecular complexity index is 1990. The zero-order valence-corrected chi connectivity index (χ0v) is 34.1. The Morgan fingerprint density at radius 1 is 0.864 bits per heavy atom. The summed E-state index contributed by atoms with van der Waals surface area (Å²) < 4.78 is 42.6. The van der Waals surface area contributed by atoms with Gasteiger partial charge in [-0.25, -0.2) is 0 Å². The van der Waals surface area contributed by atoms with Gasteiger partial charge in [0.05, 0.1) is 53.8 Å². The van der Waals surface area contributed by atoms with Gasteiger partial charge in [-0.2, -0.15) is 0 Å². The number of aliphatic hydroxyl groups excluding tert-OH is 1. The molecule has 3 saturated heterocycles. The first kappa shape index (κ1) is 43.1. The van der Waals surface area contributed by atoms with E-state index < -0.39 is 125 Å². The Morgan fingerprint density at radius 3 is 2.07 bits per heavy atom. The summed E-state index contributed by atoms with van der Waals surface area (Å²) in [5, 5.41) is 56.5. The number of fused-ring (bicyclic) bond motifs is 3. The van der Waals surface area contributed by atoms with Gasteiger partial charge in [-0.05, 0) is 65.0 Å². The van der Waals surface area contributed by atoms with Crippen LogP contribution in [0.1, 0.15) is 121 Å². The van der Waals surface area contributed by atoms with Gasteiger partial charge in [-0.15, -0.1) is 0 Å². The summed E-state index contributed by atoms with van der Waals surface area (Å²) in [7, 11) is 4.85. The standard InChI is InChI=1S/C42H53NO16/c1-8-42(52)16-27(31-20(35(42)41(51)53-7)13-21-32(37(31)49)38(50)34-25(46)10-9-24(45)33(34)36(21)48)57-29-14-22(43(5)6)39(18(3)55-29)59-30-15-26(47)40(19(4)56-30)58-28-12-11-23(44)17(2)54-28/h9-10,13,17-19,22,26-30,35,39-40,45-47,49,52H,8,11-12,14-16H2,1-7H3/t17?,18?,19?,22?,26?,27?,28?,29?,30?,35-,39?,40?,42-/m0/s1. The number of benzene rings is 2. The minimum Gasteiger partial charge on any atom is -0.507 e. The number of aromatic hydroxyl groups is 3. The van der Waals surface area contributed by atoms with E-state index in [1.165, 1.54) is 6.07 Å².